The Labute approximate surface area is 121 Å². The Morgan fingerprint density at radius 3 is 2.60 bits per heavy atom. The van der Waals surface area contributed by atoms with E-state index in [4.69, 9.17) is 5.73 Å². The fourth-order valence-electron chi connectivity index (χ4n) is 1.96. The summed E-state index contributed by atoms with van der Waals surface area (Å²) >= 11 is 0. The Bertz CT molecular complexity index is 581. The first-order valence-electron chi connectivity index (χ1n) is 6.75. The van der Waals surface area contributed by atoms with E-state index in [1.807, 2.05) is 25.1 Å². The van der Waals surface area contributed by atoms with Gasteiger partial charge in [-0.1, -0.05) is 42.4 Å². The standard InChI is InChI=1S/C17H17N.CH5N/c1-2-8-15-13-16(18)11-12-17(15)14-9-6-4-3-5-7-10-14;1-2/h4,6-7,9-13H,3,5,18H2,1H3;2H2,1H3/b6-4+,10-7-,14-9+;. The summed E-state index contributed by atoms with van der Waals surface area (Å²) in [5, 5.41) is 0. The van der Waals surface area contributed by atoms with Crippen molar-refractivity contribution in [3.05, 3.63) is 59.7 Å². The van der Waals surface area contributed by atoms with Crippen molar-refractivity contribution in [3.63, 3.8) is 0 Å². The molecule has 2 heteroatoms. The van der Waals surface area contributed by atoms with Crippen molar-refractivity contribution < 1.29 is 0 Å². The Hall–Kier alpha value is -2.24. The van der Waals surface area contributed by atoms with E-state index < -0.39 is 0 Å². The van der Waals surface area contributed by atoms with Gasteiger partial charge in [0.1, 0.15) is 0 Å². The quantitative estimate of drug-likeness (QED) is 0.603. The summed E-state index contributed by atoms with van der Waals surface area (Å²) in [7, 11) is 1.50. The number of benzene rings is 1. The maximum atomic E-state index is 5.82. The van der Waals surface area contributed by atoms with Gasteiger partial charge in [0.15, 0.2) is 0 Å². The molecule has 2 rings (SSSR count). The van der Waals surface area contributed by atoms with E-state index in [9.17, 15) is 0 Å². The van der Waals surface area contributed by atoms with Gasteiger partial charge in [-0.15, -0.1) is 5.92 Å². The van der Waals surface area contributed by atoms with Gasteiger partial charge in [0.05, 0.1) is 0 Å². The van der Waals surface area contributed by atoms with Crippen molar-refractivity contribution in [2.45, 2.75) is 19.8 Å². The second-order valence-electron chi connectivity index (χ2n) is 4.21. The number of hydrogen-bond donors (Lipinski definition) is 2. The number of nitrogen functional groups attached to an aromatic ring is 1. The van der Waals surface area contributed by atoms with Gasteiger partial charge in [0.25, 0.3) is 0 Å². The number of nitrogens with two attached hydrogens (primary N) is 2. The van der Waals surface area contributed by atoms with Crippen molar-refractivity contribution in [1.82, 2.24) is 0 Å². The molecule has 0 aromatic heterocycles. The average Bonchev–Trinajstić information content (AvgIpc) is 2.42. The van der Waals surface area contributed by atoms with Gasteiger partial charge in [-0.3, -0.25) is 0 Å². The normalized spacial score (nSPS) is 18.9. The number of anilines is 1. The highest BCUT2D eigenvalue weighted by Crippen LogP contribution is 2.23. The van der Waals surface area contributed by atoms with Crippen LogP contribution >= 0.6 is 0 Å². The highest BCUT2D eigenvalue weighted by atomic mass is 14.5. The van der Waals surface area contributed by atoms with Crippen LogP contribution in [0.3, 0.4) is 0 Å². The van der Waals surface area contributed by atoms with E-state index in [2.05, 4.69) is 48.0 Å². The van der Waals surface area contributed by atoms with Crippen molar-refractivity contribution in [2.75, 3.05) is 12.8 Å². The van der Waals surface area contributed by atoms with Crippen LogP contribution in [0, 0.1) is 11.8 Å². The predicted molar refractivity (Wildman–Crippen MR) is 89.0 cm³/mol. The molecule has 1 aromatic rings. The van der Waals surface area contributed by atoms with Gasteiger partial charge in [0, 0.05) is 11.3 Å². The topological polar surface area (TPSA) is 52.0 Å². The molecule has 0 saturated carbocycles. The first-order chi connectivity index (χ1) is 9.81. The van der Waals surface area contributed by atoms with Crippen LogP contribution in [-0.4, -0.2) is 7.05 Å². The van der Waals surface area contributed by atoms with E-state index in [0.29, 0.717) is 0 Å². The molecule has 2 nitrogen and oxygen atoms in total. The summed E-state index contributed by atoms with van der Waals surface area (Å²) in [5.41, 5.74) is 14.4. The monoisotopic (exact) mass is 266 g/mol. The number of hydrogen-bond acceptors (Lipinski definition) is 2. The van der Waals surface area contributed by atoms with Gasteiger partial charge >= 0.3 is 0 Å². The van der Waals surface area contributed by atoms with Crippen molar-refractivity contribution in [2.24, 2.45) is 5.73 Å². The molecule has 0 unspecified atom stereocenters. The average molecular weight is 266 g/mol. The summed E-state index contributed by atoms with van der Waals surface area (Å²) in [6.45, 7) is 1.84. The highest BCUT2D eigenvalue weighted by molar-refractivity contribution is 5.80. The van der Waals surface area contributed by atoms with Crippen molar-refractivity contribution in [3.8, 4) is 11.8 Å². The molecule has 0 spiro atoms. The van der Waals surface area contributed by atoms with Crippen LogP contribution in [0.5, 0.6) is 0 Å². The van der Waals surface area contributed by atoms with Crippen LogP contribution in [0.2, 0.25) is 0 Å². The van der Waals surface area contributed by atoms with Gasteiger partial charge in [-0.2, -0.15) is 0 Å². The van der Waals surface area contributed by atoms with E-state index in [1.54, 1.807) is 0 Å². The predicted octanol–water partition coefficient (Wildman–Crippen LogP) is 3.50. The van der Waals surface area contributed by atoms with E-state index >= 15 is 0 Å². The Morgan fingerprint density at radius 1 is 1.10 bits per heavy atom. The van der Waals surface area contributed by atoms with Gasteiger partial charge in [-0.05, 0) is 50.1 Å². The van der Waals surface area contributed by atoms with Crippen molar-refractivity contribution >= 4 is 11.3 Å². The molecule has 1 aromatic carbocycles. The lowest BCUT2D eigenvalue weighted by molar-refractivity contribution is 1.05. The molecular formula is C18H22N2. The van der Waals surface area contributed by atoms with Crippen LogP contribution in [0.4, 0.5) is 5.69 Å². The maximum Gasteiger partial charge on any atom is 0.0344 e. The summed E-state index contributed by atoms with van der Waals surface area (Å²) in [4.78, 5) is 0. The van der Waals surface area contributed by atoms with E-state index in [-0.39, 0.29) is 0 Å². The summed E-state index contributed by atoms with van der Waals surface area (Å²) in [6.07, 6.45) is 13.0. The minimum atomic E-state index is 0.752. The van der Waals surface area contributed by atoms with Crippen LogP contribution in [0.25, 0.3) is 5.57 Å². The summed E-state index contributed by atoms with van der Waals surface area (Å²) in [5.74, 6) is 6.07. The molecule has 0 radical (unpaired) electrons. The molecule has 0 amide bonds. The third-order valence-corrected chi connectivity index (χ3v) is 2.82. The lowest BCUT2D eigenvalue weighted by Gasteiger charge is -2.08. The second-order valence-corrected chi connectivity index (χ2v) is 4.21. The molecule has 4 N–H and O–H groups in total. The molecule has 0 fully saturated rings. The third kappa shape index (κ3) is 4.46. The first kappa shape index (κ1) is 15.8. The molecule has 0 bridgehead atoms. The second kappa shape index (κ2) is 8.79. The van der Waals surface area contributed by atoms with E-state index in [1.165, 1.54) is 12.6 Å². The molecular weight excluding hydrogens is 244 g/mol. The van der Waals surface area contributed by atoms with Crippen LogP contribution in [0.15, 0.2) is 48.6 Å². The number of allylic oxidation sites excluding steroid dienone is 6. The number of rotatable bonds is 1. The lowest BCUT2D eigenvalue weighted by Crippen LogP contribution is -1.92. The maximum absolute atomic E-state index is 5.82. The smallest absolute Gasteiger partial charge is 0.0344 e. The van der Waals surface area contributed by atoms with Gasteiger partial charge < -0.3 is 11.5 Å². The molecule has 0 heterocycles. The Kier molecular flexibility index (Phi) is 6.95. The zero-order valence-corrected chi connectivity index (χ0v) is 12.2. The largest absolute Gasteiger partial charge is 0.399 e. The summed E-state index contributed by atoms with van der Waals surface area (Å²) < 4.78 is 0. The molecule has 0 aliphatic heterocycles. The fraction of sp³-hybridized carbons (Fsp3) is 0.222. The molecule has 20 heavy (non-hydrogen) atoms. The lowest BCUT2D eigenvalue weighted by atomic mass is 9.97. The first-order valence-corrected chi connectivity index (χ1v) is 6.75. The minimum Gasteiger partial charge on any atom is -0.399 e. The molecule has 0 atom stereocenters. The van der Waals surface area contributed by atoms with Gasteiger partial charge in [-0.25, -0.2) is 0 Å². The zero-order valence-electron chi connectivity index (χ0n) is 12.2. The fourth-order valence-corrected chi connectivity index (χ4v) is 1.96. The zero-order chi connectivity index (χ0) is 14.8. The van der Waals surface area contributed by atoms with Crippen molar-refractivity contribution in [1.29, 1.82) is 0 Å². The molecule has 1 aliphatic rings. The van der Waals surface area contributed by atoms with Crippen LogP contribution in [0.1, 0.15) is 30.9 Å². The SMILES string of the molecule is CC#Cc1cc(N)ccc1C1=C/C=C/CC/C=C\1.CN. The summed E-state index contributed by atoms with van der Waals surface area (Å²) in [6, 6.07) is 5.90. The highest BCUT2D eigenvalue weighted by Gasteiger charge is 2.04. The molecule has 0 saturated heterocycles. The molecule has 104 valence electrons. The van der Waals surface area contributed by atoms with Crippen LogP contribution < -0.4 is 11.5 Å². The Balaban J connectivity index is 0.000000956. The Morgan fingerprint density at radius 2 is 1.85 bits per heavy atom. The minimum absolute atomic E-state index is 0.752. The van der Waals surface area contributed by atoms with E-state index in [0.717, 1.165) is 29.7 Å². The van der Waals surface area contributed by atoms with Crippen LogP contribution in [-0.2, 0) is 0 Å². The third-order valence-electron chi connectivity index (χ3n) is 2.82. The molecule has 1 aliphatic carbocycles. The van der Waals surface area contributed by atoms with Gasteiger partial charge in [0.2, 0.25) is 0 Å².